The fourth-order valence-electron chi connectivity index (χ4n) is 4.84. The number of amides is 1. The Morgan fingerprint density at radius 2 is 1.79 bits per heavy atom. The Labute approximate surface area is 227 Å². The van der Waals surface area contributed by atoms with E-state index in [0.29, 0.717) is 23.5 Å². The molecule has 0 radical (unpaired) electrons. The minimum Gasteiger partial charge on any atom is -0.376 e. The van der Waals surface area contributed by atoms with Crippen molar-refractivity contribution in [1.82, 2.24) is 15.3 Å². The van der Waals surface area contributed by atoms with Gasteiger partial charge in [-0.3, -0.25) is 4.79 Å². The van der Waals surface area contributed by atoms with Gasteiger partial charge in [-0.2, -0.15) is 0 Å². The number of piperazine rings is 1. The van der Waals surface area contributed by atoms with Crippen LogP contribution < -0.4 is 15.1 Å². The zero-order valence-electron chi connectivity index (χ0n) is 22.0. The minimum absolute atomic E-state index is 0.0723. The molecule has 2 aromatic carbocycles. The van der Waals surface area contributed by atoms with E-state index >= 15 is 0 Å². The maximum Gasteiger partial charge on any atom is 0.251 e. The second kappa shape index (κ2) is 12.1. The molecule has 0 aliphatic carbocycles. The Kier molecular flexibility index (Phi) is 8.44. The first-order chi connectivity index (χ1) is 18.5. The number of aryl methyl sites for hydroxylation is 1. The molecule has 0 saturated carbocycles. The van der Waals surface area contributed by atoms with Gasteiger partial charge in [0, 0.05) is 61.9 Å². The van der Waals surface area contributed by atoms with E-state index < -0.39 is 0 Å². The number of rotatable bonds is 8. The van der Waals surface area contributed by atoms with Crippen molar-refractivity contribution in [1.29, 1.82) is 0 Å². The number of para-hydroxylation sites is 1. The van der Waals surface area contributed by atoms with E-state index in [0.717, 1.165) is 73.4 Å². The molecular formula is C29H34FN5O2S. The van der Waals surface area contributed by atoms with E-state index in [4.69, 9.17) is 14.7 Å². The lowest BCUT2D eigenvalue weighted by Crippen LogP contribution is -2.47. The predicted octanol–water partition coefficient (Wildman–Crippen LogP) is 4.76. The summed E-state index contributed by atoms with van der Waals surface area (Å²) in [6, 6.07) is 14.6. The summed E-state index contributed by atoms with van der Waals surface area (Å²) >= 11 is 1.59. The average molecular weight is 536 g/mol. The van der Waals surface area contributed by atoms with Crippen LogP contribution in [0.3, 0.4) is 0 Å². The van der Waals surface area contributed by atoms with Crippen LogP contribution in [0.25, 0.3) is 0 Å². The third-order valence-electron chi connectivity index (χ3n) is 7.21. The highest BCUT2D eigenvalue weighted by molar-refractivity contribution is 7.98. The van der Waals surface area contributed by atoms with Crippen LogP contribution in [0, 0.1) is 19.7 Å². The van der Waals surface area contributed by atoms with E-state index in [9.17, 15) is 9.18 Å². The number of halogens is 1. The number of hydrogen-bond donors (Lipinski definition) is 1. The largest absolute Gasteiger partial charge is 0.376 e. The first-order valence-corrected chi connectivity index (χ1v) is 14.2. The van der Waals surface area contributed by atoms with Gasteiger partial charge in [0.1, 0.15) is 11.6 Å². The first kappa shape index (κ1) is 26.4. The molecule has 5 rings (SSSR count). The molecule has 9 heteroatoms. The molecule has 3 heterocycles. The molecule has 1 N–H and O–H groups in total. The quantitative estimate of drug-likeness (QED) is 0.329. The Balaban J connectivity index is 1.18. The molecule has 3 aromatic rings. The molecule has 1 aromatic heterocycles. The number of carbonyl (C=O) groups excluding carboxylic acids is 1. The summed E-state index contributed by atoms with van der Waals surface area (Å²) in [6.45, 7) is 8.43. The Bertz CT molecular complexity index is 1260. The molecule has 1 atom stereocenters. The summed E-state index contributed by atoms with van der Waals surface area (Å²) in [7, 11) is 0. The highest BCUT2D eigenvalue weighted by atomic mass is 32.2. The highest BCUT2D eigenvalue weighted by Crippen LogP contribution is 2.28. The van der Waals surface area contributed by atoms with Gasteiger partial charge in [0.25, 0.3) is 5.91 Å². The second-order valence-electron chi connectivity index (χ2n) is 9.80. The average Bonchev–Trinajstić information content (AvgIpc) is 3.47. The van der Waals surface area contributed by atoms with Crippen molar-refractivity contribution in [3.05, 3.63) is 76.7 Å². The van der Waals surface area contributed by atoms with Crippen LogP contribution >= 0.6 is 11.8 Å². The number of aromatic nitrogens is 2. The highest BCUT2D eigenvalue weighted by Gasteiger charge is 2.23. The molecule has 1 amide bonds. The number of nitrogens with one attached hydrogen (secondary N) is 1. The van der Waals surface area contributed by atoms with Gasteiger partial charge in [0.15, 0.2) is 5.16 Å². The predicted molar refractivity (Wildman–Crippen MR) is 150 cm³/mol. The SMILES string of the molecule is Cc1nc(SCc2ccc(C(=O)NCC3CCCO3)cc2)nc(N2CCN(c3ccccc3F)CC2)c1C. The van der Waals surface area contributed by atoms with E-state index in [1.807, 2.05) is 43.3 Å². The number of nitrogens with zero attached hydrogens (tertiary/aromatic N) is 4. The standard InChI is InChI=1S/C29H34FN5O2S/c1-20-21(2)32-29(33-27(20)35-15-13-34(14-16-35)26-8-4-3-7-25(26)30)38-19-22-9-11-23(12-10-22)28(36)31-18-24-6-5-17-37-24/h3-4,7-12,24H,5-6,13-19H2,1-2H3,(H,31,36). The lowest BCUT2D eigenvalue weighted by atomic mass is 10.1. The number of carbonyl (C=O) groups is 1. The molecule has 0 bridgehead atoms. The second-order valence-corrected chi connectivity index (χ2v) is 10.7. The van der Waals surface area contributed by atoms with Crippen molar-refractivity contribution >= 4 is 29.2 Å². The third kappa shape index (κ3) is 6.27. The summed E-state index contributed by atoms with van der Waals surface area (Å²) in [4.78, 5) is 26.4. The van der Waals surface area contributed by atoms with Crippen molar-refractivity contribution in [2.24, 2.45) is 0 Å². The molecule has 7 nitrogen and oxygen atoms in total. The van der Waals surface area contributed by atoms with Gasteiger partial charge >= 0.3 is 0 Å². The molecule has 38 heavy (non-hydrogen) atoms. The van der Waals surface area contributed by atoms with Gasteiger partial charge in [0.2, 0.25) is 0 Å². The fraction of sp³-hybridized carbons (Fsp3) is 0.414. The maximum atomic E-state index is 14.2. The first-order valence-electron chi connectivity index (χ1n) is 13.2. The number of benzene rings is 2. The van der Waals surface area contributed by atoms with Crippen LogP contribution in [-0.2, 0) is 10.5 Å². The molecular weight excluding hydrogens is 501 g/mol. The summed E-state index contributed by atoms with van der Waals surface area (Å²) in [6.07, 6.45) is 2.20. The smallest absolute Gasteiger partial charge is 0.251 e. The summed E-state index contributed by atoms with van der Waals surface area (Å²) in [5, 5.41) is 3.70. The Hall–Kier alpha value is -3.17. The number of thioether (sulfide) groups is 1. The van der Waals surface area contributed by atoms with Crippen LogP contribution in [0.4, 0.5) is 15.9 Å². The molecule has 2 aliphatic rings. The molecule has 1 unspecified atom stereocenters. The van der Waals surface area contributed by atoms with Crippen LogP contribution in [0.15, 0.2) is 53.7 Å². The van der Waals surface area contributed by atoms with E-state index in [2.05, 4.69) is 22.0 Å². The van der Waals surface area contributed by atoms with Gasteiger partial charge in [-0.1, -0.05) is 36.0 Å². The Morgan fingerprint density at radius 3 is 2.50 bits per heavy atom. The van der Waals surface area contributed by atoms with Crippen LogP contribution in [0.1, 0.15) is 40.0 Å². The summed E-state index contributed by atoms with van der Waals surface area (Å²) < 4.78 is 19.8. The molecule has 0 spiro atoms. The van der Waals surface area contributed by atoms with Crippen molar-refractivity contribution in [3.8, 4) is 0 Å². The maximum absolute atomic E-state index is 14.2. The topological polar surface area (TPSA) is 70.6 Å². The lowest BCUT2D eigenvalue weighted by molar-refractivity contribution is 0.0858. The van der Waals surface area contributed by atoms with Gasteiger partial charge in [-0.15, -0.1) is 0 Å². The van der Waals surface area contributed by atoms with Crippen LogP contribution in [0.5, 0.6) is 0 Å². The van der Waals surface area contributed by atoms with Crippen LogP contribution in [0.2, 0.25) is 0 Å². The van der Waals surface area contributed by atoms with Crippen LogP contribution in [-0.4, -0.2) is 61.3 Å². The molecule has 2 fully saturated rings. The van der Waals surface area contributed by atoms with E-state index in [1.54, 1.807) is 17.8 Å². The van der Waals surface area contributed by atoms with Crippen molar-refractivity contribution in [3.63, 3.8) is 0 Å². The van der Waals surface area contributed by atoms with Gasteiger partial charge in [0.05, 0.1) is 11.8 Å². The molecule has 2 aliphatic heterocycles. The van der Waals surface area contributed by atoms with E-state index in [1.165, 1.54) is 6.07 Å². The van der Waals surface area contributed by atoms with Gasteiger partial charge in [-0.05, 0) is 56.5 Å². The fourth-order valence-corrected chi connectivity index (χ4v) is 5.68. The zero-order valence-corrected chi connectivity index (χ0v) is 22.8. The van der Waals surface area contributed by atoms with E-state index in [-0.39, 0.29) is 17.8 Å². The third-order valence-corrected chi connectivity index (χ3v) is 8.13. The van der Waals surface area contributed by atoms with Gasteiger partial charge < -0.3 is 19.9 Å². The van der Waals surface area contributed by atoms with Gasteiger partial charge in [-0.25, -0.2) is 14.4 Å². The van der Waals surface area contributed by atoms with Crippen molar-refractivity contribution < 1.29 is 13.9 Å². The minimum atomic E-state index is -0.180. The number of hydrogen-bond acceptors (Lipinski definition) is 7. The molecule has 200 valence electrons. The Morgan fingerprint density at radius 1 is 1.05 bits per heavy atom. The lowest BCUT2D eigenvalue weighted by Gasteiger charge is -2.37. The van der Waals surface area contributed by atoms with Crippen molar-refractivity contribution in [2.75, 3.05) is 49.1 Å². The number of anilines is 2. The molecule has 2 saturated heterocycles. The summed E-state index contributed by atoms with van der Waals surface area (Å²) in [5.74, 6) is 1.41. The number of ether oxygens (including phenoxy) is 1. The monoisotopic (exact) mass is 535 g/mol. The normalized spacial score (nSPS) is 17.6. The zero-order chi connectivity index (χ0) is 26.5. The van der Waals surface area contributed by atoms with Crippen molar-refractivity contribution in [2.45, 2.75) is 43.7 Å². The summed E-state index contributed by atoms with van der Waals surface area (Å²) in [5.41, 5.74) is 4.45.